The normalized spacial score (nSPS) is 39.8. The number of aromatic nitrogens is 2. The molecule has 32 heavy (non-hydrogen) atoms. The quantitative estimate of drug-likeness (QED) is 0.611. The highest BCUT2D eigenvalue weighted by Gasteiger charge is 2.64. The molecule has 3 saturated carbocycles. The Balaban J connectivity index is 1.36. The number of fused-ring (bicyclic) bond motifs is 6. The Hall–Kier alpha value is -2.45. The third-order valence-electron chi connectivity index (χ3n) is 9.90. The van der Waals surface area contributed by atoms with Crippen molar-refractivity contribution in [2.45, 2.75) is 64.4 Å². The number of allylic oxidation sites excluding steroid dienone is 1. The summed E-state index contributed by atoms with van der Waals surface area (Å²) in [6.45, 7) is 4.60. The third-order valence-corrected chi connectivity index (χ3v) is 9.90. The van der Waals surface area contributed by atoms with Crippen molar-refractivity contribution in [3.8, 4) is 11.8 Å². The van der Waals surface area contributed by atoms with Crippen molar-refractivity contribution in [3.05, 3.63) is 53.1 Å². The molecule has 0 unspecified atom stereocenters. The molecule has 1 aromatic heterocycles. The summed E-state index contributed by atoms with van der Waals surface area (Å²) >= 11 is 0. The van der Waals surface area contributed by atoms with Gasteiger partial charge in [-0.3, -0.25) is 0 Å². The van der Waals surface area contributed by atoms with Gasteiger partial charge in [0.1, 0.15) is 5.82 Å². The van der Waals surface area contributed by atoms with Crippen LogP contribution in [0.2, 0.25) is 0 Å². The predicted molar refractivity (Wildman–Crippen MR) is 120 cm³/mol. The van der Waals surface area contributed by atoms with Crippen molar-refractivity contribution < 1.29 is 9.50 Å². The lowest BCUT2D eigenvalue weighted by molar-refractivity contribution is -0.0983. The summed E-state index contributed by atoms with van der Waals surface area (Å²) < 4.78 is 15.4. The van der Waals surface area contributed by atoms with Gasteiger partial charge in [-0.25, -0.2) is 9.07 Å². The molecule has 5 heteroatoms. The fourth-order valence-electron chi connectivity index (χ4n) is 8.04. The van der Waals surface area contributed by atoms with Gasteiger partial charge in [-0.15, -0.1) is 0 Å². The number of nitrogens with zero attached hydrogens (tertiary/aromatic N) is 3. The van der Waals surface area contributed by atoms with Crippen LogP contribution in [0.5, 0.6) is 0 Å². The van der Waals surface area contributed by atoms with Gasteiger partial charge in [-0.1, -0.05) is 19.4 Å². The number of halogens is 1. The summed E-state index contributed by atoms with van der Waals surface area (Å²) in [5.41, 5.74) is 3.42. The highest BCUT2D eigenvalue weighted by molar-refractivity contribution is 5.61. The lowest BCUT2D eigenvalue weighted by Gasteiger charge is -2.58. The molecule has 4 aliphatic carbocycles. The van der Waals surface area contributed by atoms with Crippen LogP contribution in [0.4, 0.5) is 4.39 Å². The van der Waals surface area contributed by atoms with Crippen LogP contribution in [0, 0.1) is 45.7 Å². The number of hydrogen-bond donors (Lipinski definition) is 1. The molecule has 0 saturated heterocycles. The molecule has 0 amide bonds. The first kappa shape index (κ1) is 20.2. The van der Waals surface area contributed by atoms with Crippen LogP contribution in [0.1, 0.15) is 63.6 Å². The van der Waals surface area contributed by atoms with Crippen LogP contribution in [-0.2, 0) is 6.42 Å². The molecule has 1 aromatic carbocycles. The van der Waals surface area contributed by atoms with Crippen LogP contribution in [0.25, 0.3) is 11.8 Å². The van der Waals surface area contributed by atoms with Crippen LogP contribution in [-0.4, -0.2) is 20.5 Å². The fraction of sp³-hybridized carbons (Fsp3) is 0.556. The summed E-state index contributed by atoms with van der Waals surface area (Å²) in [6.07, 6.45) is 11.1. The average molecular weight is 432 g/mol. The van der Waals surface area contributed by atoms with Crippen molar-refractivity contribution in [2.75, 3.05) is 0 Å². The molecule has 6 rings (SSSR count). The molecule has 1 N–H and O–H groups in total. The molecule has 2 aromatic rings. The van der Waals surface area contributed by atoms with E-state index < -0.39 is 5.60 Å². The van der Waals surface area contributed by atoms with E-state index in [9.17, 15) is 14.8 Å². The lowest BCUT2D eigenvalue weighted by atomic mass is 9.46. The zero-order valence-electron chi connectivity index (χ0n) is 18.8. The highest BCUT2D eigenvalue weighted by atomic mass is 19.1. The molecule has 166 valence electrons. The SMILES string of the molecule is C[C@]12Cc3cnn(-c4ccc(F)cc4)c3C=C1CC[C@@H]1[C@@H]2CC[C@@]2(C)[C@H]1CC[C@@]2(O)C#N. The molecule has 1 heterocycles. The van der Waals surface area contributed by atoms with E-state index in [1.54, 1.807) is 12.1 Å². The first-order chi connectivity index (χ1) is 15.3. The number of rotatable bonds is 1. The minimum absolute atomic E-state index is 0.0985. The largest absolute Gasteiger partial charge is 0.375 e. The smallest absolute Gasteiger partial charge is 0.156 e. The number of hydrogen-bond acceptors (Lipinski definition) is 3. The molecule has 0 bridgehead atoms. The van der Waals surface area contributed by atoms with E-state index >= 15 is 0 Å². The van der Waals surface area contributed by atoms with Gasteiger partial charge < -0.3 is 5.11 Å². The standard InChI is InChI=1S/C27H30FN3O/c1-25-14-17-15-30-31(20-6-4-19(28)5-7-20)24(17)13-18(25)3-8-21-22(25)9-11-26(2)23(21)10-12-27(26,32)16-29/h4-7,13,15,21-23,32H,3,8-12,14H2,1-2H3/t21-,22+,23+,25+,26+,27-/m1/s1. The Bertz CT molecular complexity index is 1160. The lowest BCUT2D eigenvalue weighted by Crippen LogP contribution is -2.54. The third kappa shape index (κ3) is 2.48. The minimum Gasteiger partial charge on any atom is -0.375 e. The molecule has 3 fully saturated rings. The first-order valence-corrected chi connectivity index (χ1v) is 12.0. The Morgan fingerprint density at radius 2 is 1.88 bits per heavy atom. The van der Waals surface area contributed by atoms with Crippen LogP contribution >= 0.6 is 0 Å². The Labute approximate surface area is 188 Å². The van der Waals surface area contributed by atoms with E-state index in [-0.39, 0.29) is 16.6 Å². The van der Waals surface area contributed by atoms with Crippen LogP contribution in [0.15, 0.2) is 36.0 Å². The average Bonchev–Trinajstić information content (AvgIpc) is 3.30. The van der Waals surface area contributed by atoms with Gasteiger partial charge >= 0.3 is 0 Å². The zero-order chi connectivity index (χ0) is 22.3. The Morgan fingerprint density at radius 3 is 2.62 bits per heavy atom. The van der Waals surface area contributed by atoms with E-state index in [2.05, 4.69) is 31.1 Å². The van der Waals surface area contributed by atoms with E-state index in [0.29, 0.717) is 24.2 Å². The molecule has 6 atom stereocenters. The molecular weight excluding hydrogens is 401 g/mol. The van der Waals surface area contributed by atoms with Crippen molar-refractivity contribution in [3.63, 3.8) is 0 Å². The maximum atomic E-state index is 13.4. The van der Waals surface area contributed by atoms with Gasteiger partial charge in [-0.2, -0.15) is 10.4 Å². The topological polar surface area (TPSA) is 61.8 Å². The predicted octanol–water partition coefficient (Wildman–Crippen LogP) is 5.45. The molecule has 4 nitrogen and oxygen atoms in total. The van der Waals surface area contributed by atoms with Gasteiger partial charge in [0.25, 0.3) is 0 Å². The Morgan fingerprint density at radius 1 is 1.12 bits per heavy atom. The fourth-order valence-corrected chi connectivity index (χ4v) is 8.04. The number of aliphatic hydroxyl groups is 1. The molecule has 0 radical (unpaired) electrons. The van der Waals surface area contributed by atoms with Gasteiger partial charge in [0, 0.05) is 5.41 Å². The van der Waals surface area contributed by atoms with Gasteiger partial charge in [0.15, 0.2) is 5.60 Å². The van der Waals surface area contributed by atoms with E-state index in [4.69, 9.17) is 0 Å². The summed E-state index contributed by atoms with van der Waals surface area (Å²) in [5, 5.41) is 25.5. The van der Waals surface area contributed by atoms with Crippen molar-refractivity contribution in [2.24, 2.45) is 28.6 Å². The maximum absolute atomic E-state index is 13.4. The second kappa shape index (κ2) is 6.54. The molecule has 0 spiro atoms. The van der Waals surface area contributed by atoms with Crippen LogP contribution < -0.4 is 0 Å². The minimum atomic E-state index is -1.17. The molecule has 4 aliphatic rings. The van der Waals surface area contributed by atoms with E-state index in [1.807, 2.05) is 10.9 Å². The molecule has 0 aliphatic heterocycles. The number of benzene rings is 1. The first-order valence-electron chi connectivity index (χ1n) is 12.0. The number of nitriles is 1. The van der Waals surface area contributed by atoms with Crippen molar-refractivity contribution in [1.82, 2.24) is 9.78 Å². The van der Waals surface area contributed by atoms with Crippen LogP contribution in [0.3, 0.4) is 0 Å². The monoisotopic (exact) mass is 431 g/mol. The maximum Gasteiger partial charge on any atom is 0.156 e. The van der Waals surface area contributed by atoms with E-state index in [0.717, 1.165) is 49.9 Å². The summed E-state index contributed by atoms with van der Waals surface area (Å²) in [7, 11) is 0. The van der Waals surface area contributed by atoms with Gasteiger partial charge in [0.2, 0.25) is 0 Å². The van der Waals surface area contributed by atoms with Crippen molar-refractivity contribution >= 4 is 6.08 Å². The second-order valence-corrected chi connectivity index (χ2v) is 11.1. The highest BCUT2D eigenvalue weighted by Crippen LogP contribution is 2.67. The van der Waals surface area contributed by atoms with Gasteiger partial charge in [-0.05, 0) is 104 Å². The Kier molecular flexibility index (Phi) is 4.13. The van der Waals surface area contributed by atoms with Crippen molar-refractivity contribution in [1.29, 1.82) is 5.26 Å². The summed E-state index contributed by atoms with van der Waals surface area (Å²) in [5.74, 6) is 1.32. The zero-order valence-corrected chi connectivity index (χ0v) is 18.8. The summed E-state index contributed by atoms with van der Waals surface area (Å²) in [6, 6.07) is 8.82. The van der Waals surface area contributed by atoms with E-state index in [1.165, 1.54) is 23.3 Å². The summed E-state index contributed by atoms with van der Waals surface area (Å²) in [4.78, 5) is 0. The van der Waals surface area contributed by atoms with Gasteiger partial charge in [0.05, 0.1) is 23.6 Å². The molecular formula is C27H30FN3O. The second-order valence-electron chi connectivity index (χ2n) is 11.1.